The van der Waals surface area contributed by atoms with Crippen molar-refractivity contribution in [3.63, 3.8) is 0 Å². The summed E-state index contributed by atoms with van der Waals surface area (Å²) in [5, 5.41) is 3.81. The molecule has 0 aliphatic heterocycles. The number of hydrogen-bond donors (Lipinski definition) is 1. The maximum absolute atomic E-state index is 12.4. The monoisotopic (exact) mass is 384 g/mol. The van der Waals surface area contributed by atoms with Gasteiger partial charge in [-0.15, -0.1) is 11.3 Å². The number of carbonyl (C=O) groups excluding carboxylic acids is 2. The molecule has 3 rings (SSSR count). The second kappa shape index (κ2) is 8.18. The van der Waals surface area contributed by atoms with E-state index in [1.165, 1.54) is 14.2 Å². The number of Topliss-reactive ketones (excluding diaryl/α,β-unsaturated/α-hetero) is 1. The van der Waals surface area contributed by atoms with E-state index in [1.807, 2.05) is 25.1 Å². The van der Waals surface area contributed by atoms with E-state index >= 15 is 0 Å². The maximum atomic E-state index is 12.4. The van der Waals surface area contributed by atoms with E-state index in [9.17, 15) is 9.59 Å². The van der Waals surface area contributed by atoms with E-state index in [2.05, 4.69) is 10.3 Å². The van der Waals surface area contributed by atoms with Crippen LogP contribution in [0.3, 0.4) is 0 Å². The van der Waals surface area contributed by atoms with E-state index in [-0.39, 0.29) is 24.5 Å². The molecular formula is C20H20N2O4S. The third-order valence-corrected chi connectivity index (χ3v) is 5.00. The number of amides is 1. The lowest BCUT2D eigenvalue weighted by molar-refractivity contribution is -0.116. The topological polar surface area (TPSA) is 77.5 Å². The summed E-state index contributed by atoms with van der Waals surface area (Å²) < 4.78 is 11.4. The van der Waals surface area contributed by atoms with Gasteiger partial charge >= 0.3 is 0 Å². The molecule has 0 bridgehead atoms. The van der Waals surface area contributed by atoms with Crippen LogP contribution in [0.5, 0.6) is 11.5 Å². The number of aryl methyl sites for hydroxylation is 1. The number of anilines is 1. The van der Waals surface area contributed by atoms with Crippen LogP contribution in [0.25, 0.3) is 10.2 Å². The van der Waals surface area contributed by atoms with Crippen molar-refractivity contribution in [1.29, 1.82) is 0 Å². The summed E-state index contributed by atoms with van der Waals surface area (Å²) in [6.45, 7) is 1.95. The maximum Gasteiger partial charge on any atom is 0.224 e. The van der Waals surface area contributed by atoms with Crippen LogP contribution in [0.15, 0.2) is 36.4 Å². The number of nitrogens with one attached hydrogen (secondary N) is 1. The third-order valence-electron chi connectivity index (χ3n) is 4.06. The fourth-order valence-corrected chi connectivity index (χ4v) is 3.59. The summed E-state index contributed by atoms with van der Waals surface area (Å²) >= 11 is 1.58. The SMILES string of the molecule is COc1ccc(C(=O)CCC(=O)Nc2ccc3nc(C)sc3c2)cc1OC. The van der Waals surface area contributed by atoms with Crippen LogP contribution in [0.1, 0.15) is 28.2 Å². The van der Waals surface area contributed by atoms with Gasteiger partial charge in [0.05, 0.1) is 29.4 Å². The van der Waals surface area contributed by atoms with Gasteiger partial charge in [0.1, 0.15) is 0 Å². The summed E-state index contributed by atoms with van der Waals surface area (Å²) in [5.74, 6) is 0.713. The highest BCUT2D eigenvalue weighted by Gasteiger charge is 2.13. The molecule has 1 N–H and O–H groups in total. The first kappa shape index (κ1) is 18.8. The normalized spacial score (nSPS) is 10.6. The minimum Gasteiger partial charge on any atom is -0.493 e. The second-order valence-electron chi connectivity index (χ2n) is 5.96. The van der Waals surface area contributed by atoms with Gasteiger partial charge in [-0.05, 0) is 43.3 Å². The van der Waals surface area contributed by atoms with Gasteiger partial charge in [-0.25, -0.2) is 4.98 Å². The van der Waals surface area contributed by atoms with Crippen LogP contribution in [0.2, 0.25) is 0 Å². The highest BCUT2D eigenvalue weighted by molar-refractivity contribution is 7.18. The number of hydrogen-bond acceptors (Lipinski definition) is 6. The molecule has 0 unspecified atom stereocenters. The zero-order valence-corrected chi connectivity index (χ0v) is 16.2. The van der Waals surface area contributed by atoms with Crippen molar-refractivity contribution in [2.45, 2.75) is 19.8 Å². The van der Waals surface area contributed by atoms with Crippen molar-refractivity contribution >= 4 is 38.9 Å². The Hall–Kier alpha value is -2.93. The lowest BCUT2D eigenvalue weighted by Gasteiger charge is -2.09. The standard InChI is InChI=1S/C20H20N2O4S/c1-12-21-15-6-5-14(11-19(15)27-12)22-20(24)9-7-16(23)13-4-8-17(25-2)18(10-13)26-3/h4-6,8,10-11H,7,9H2,1-3H3,(H,22,24). The van der Waals surface area contributed by atoms with E-state index in [1.54, 1.807) is 29.5 Å². The molecule has 27 heavy (non-hydrogen) atoms. The van der Waals surface area contributed by atoms with Crippen molar-refractivity contribution in [2.75, 3.05) is 19.5 Å². The molecule has 0 aliphatic rings. The summed E-state index contributed by atoms with van der Waals surface area (Å²) in [4.78, 5) is 29.0. The Bertz CT molecular complexity index is 997. The van der Waals surface area contributed by atoms with Gasteiger partial charge in [-0.2, -0.15) is 0 Å². The number of methoxy groups -OCH3 is 2. The summed E-state index contributed by atoms with van der Waals surface area (Å²) in [5.41, 5.74) is 2.11. The quantitative estimate of drug-likeness (QED) is 0.617. The van der Waals surface area contributed by atoms with Crippen LogP contribution in [0.4, 0.5) is 5.69 Å². The Morgan fingerprint density at radius 2 is 1.81 bits per heavy atom. The molecular weight excluding hydrogens is 364 g/mol. The van der Waals surface area contributed by atoms with Crippen molar-refractivity contribution in [3.8, 4) is 11.5 Å². The minimum absolute atomic E-state index is 0.104. The molecule has 2 aromatic carbocycles. The summed E-state index contributed by atoms with van der Waals surface area (Å²) in [7, 11) is 3.05. The fourth-order valence-electron chi connectivity index (χ4n) is 2.72. The van der Waals surface area contributed by atoms with Crippen LogP contribution in [0, 0.1) is 6.92 Å². The Balaban J connectivity index is 1.60. The number of carbonyl (C=O) groups is 2. The molecule has 0 radical (unpaired) electrons. The Morgan fingerprint density at radius 3 is 2.56 bits per heavy atom. The molecule has 7 heteroatoms. The van der Waals surface area contributed by atoms with Gasteiger partial charge in [0, 0.05) is 24.1 Å². The zero-order chi connectivity index (χ0) is 19.4. The Labute approximate surface area is 161 Å². The van der Waals surface area contributed by atoms with Gasteiger partial charge in [0.15, 0.2) is 17.3 Å². The predicted octanol–water partition coefficient (Wildman–Crippen LogP) is 4.22. The highest BCUT2D eigenvalue weighted by Crippen LogP contribution is 2.28. The van der Waals surface area contributed by atoms with Gasteiger partial charge in [-0.1, -0.05) is 0 Å². The molecule has 0 atom stereocenters. The fraction of sp³-hybridized carbons (Fsp3) is 0.250. The average Bonchev–Trinajstić information content (AvgIpc) is 3.04. The minimum atomic E-state index is -0.204. The van der Waals surface area contributed by atoms with E-state index < -0.39 is 0 Å². The number of aromatic nitrogens is 1. The molecule has 0 fully saturated rings. The smallest absolute Gasteiger partial charge is 0.224 e. The number of fused-ring (bicyclic) bond motifs is 1. The largest absolute Gasteiger partial charge is 0.493 e. The summed E-state index contributed by atoms with van der Waals surface area (Å²) in [6.07, 6.45) is 0.218. The zero-order valence-electron chi connectivity index (χ0n) is 15.4. The first-order chi connectivity index (χ1) is 13.0. The molecule has 0 spiro atoms. The molecule has 0 saturated heterocycles. The number of nitrogens with zero attached hydrogens (tertiary/aromatic N) is 1. The van der Waals surface area contributed by atoms with Crippen molar-refractivity contribution in [1.82, 2.24) is 4.98 Å². The average molecular weight is 384 g/mol. The third kappa shape index (κ3) is 4.43. The first-order valence-electron chi connectivity index (χ1n) is 8.42. The van der Waals surface area contributed by atoms with E-state index in [0.29, 0.717) is 22.7 Å². The van der Waals surface area contributed by atoms with Crippen LogP contribution >= 0.6 is 11.3 Å². The van der Waals surface area contributed by atoms with Crippen molar-refractivity contribution in [2.24, 2.45) is 0 Å². The van der Waals surface area contributed by atoms with Gasteiger partial charge in [-0.3, -0.25) is 9.59 Å². The number of benzene rings is 2. The number of ketones is 1. The molecule has 6 nitrogen and oxygen atoms in total. The molecule has 1 heterocycles. The van der Waals surface area contributed by atoms with Crippen LogP contribution < -0.4 is 14.8 Å². The molecule has 3 aromatic rings. The molecule has 1 aromatic heterocycles. The predicted molar refractivity (Wildman–Crippen MR) is 106 cm³/mol. The van der Waals surface area contributed by atoms with Gasteiger partial charge < -0.3 is 14.8 Å². The van der Waals surface area contributed by atoms with Crippen molar-refractivity contribution in [3.05, 3.63) is 47.0 Å². The highest BCUT2D eigenvalue weighted by atomic mass is 32.1. The lowest BCUT2D eigenvalue weighted by Crippen LogP contribution is -2.13. The van der Waals surface area contributed by atoms with Gasteiger partial charge in [0.2, 0.25) is 5.91 Å². The Kier molecular flexibility index (Phi) is 5.71. The molecule has 0 aliphatic carbocycles. The number of thiazole rings is 1. The number of rotatable bonds is 7. The van der Waals surface area contributed by atoms with E-state index in [0.717, 1.165) is 15.2 Å². The Morgan fingerprint density at radius 1 is 1.04 bits per heavy atom. The first-order valence-corrected chi connectivity index (χ1v) is 9.24. The van der Waals surface area contributed by atoms with Crippen LogP contribution in [-0.4, -0.2) is 30.9 Å². The van der Waals surface area contributed by atoms with Crippen LogP contribution in [-0.2, 0) is 4.79 Å². The van der Waals surface area contributed by atoms with Gasteiger partial charge in [0.25, 0.3) is 0 Å². The van der Waals surface area contributed by atoms with E-state index in [4.69, 9.17) is 9.47 Å². The second-order valence-corrected chi connectivity index (χ2v) is 7.19. The van der Waals surface area contributed by atoms with Crippen molar-refractivity contribution < 1.29 is 19.1 Å². The molecule has 0 saturated carbocycles. The molecule has 140 valence electrons. The number of ether oxygens (including phenoxy) is 2. The summed E-state index contributed by atoms with van der Waals surface area (Å²) in [6, 6.07) is 10.6. The molecule has 1 amide bonds. The lowest BCUT2D eigenvalue weighted by atomic mass is 10.1.